The van der Waals surface area contributed by atoms with Crippen LogP contribution in [0.15, 0.2) is 54.9 Å². The Bertz CT molecular complexity index is 867. The molecule has 0 radical (unpaired) electrons. The van der Waals surface area contributed by atoms with Gasteiger partial charge in [-0.05, 0) is 67.3 Å². The van der Waals surface area contributed by atoms with Crippen LogP contribution in [-0.4, -0.2) is 54.0 Å². The van der Waals surface area contributed by atoms with Gasteiger partial charge in [0.05, 0.1) is 7.11 Å². The first kappa shape index (κ1) is 19.6. The Hall–Kier alpha value is -2.66. The predicted octanol–water partition coefficient (Wildman–Crippen LogP) is 3.62. The maximum Gasteiger partial charge on any atom is 0.246 e. The highest BCUT2D eigenvalue weighted by molar-refractivity contribution is 5.92. The van der Waals surface area contributed by atoms with Gasteiger partial charge in [0.1, 0.15) is 5.75 Å². The molecule has 1 aromatic carbocycles. The lowest BCUT2D eigenvalue weighted by Crippen LogP contribution is -2.44. The van der Waals surface area contributed by atoms with Gasteiger partial charge in [-0.1, -0.05) is 12.1 Å². The summed E-state index contributed by atoms with van der Waals surface area (Å²) in [4.78, 5) is 21.3. The van der Waals surface area contributed by atoms with E-state index in [-0.39, 0.29) is 11.3 Å². The predicted molar refractivity (Wildman–Crippen MR) is 114 cm³/mol. The maximum absolute atomic E-state index is 12.7. The number of methoxy groups -OCH3 is 1. The molecule has 1 atom stereocenters. The van der Waals surface area contributed by atoms with Gasteiger partial charge in [-0.25, -0.2) is 0 Å². The lowest BCUT2D eigenvalue weighted by Gasteiger charge is -2.40. The monoisotopic (exact) mass is 391 g/mol. The second kappa shape index (κ2) is 8.78. The molecule has 152 valence electrons. The first-order chi connectivity index (χ1) is 14.2. The van der Waals surface area contributed by atoms with E-state index in [0.29, 0.717) is 0 Å². The average Bonchev–Trinajstić information content (AvgIpc) is 3.16. The van der Waals surface area contributed by atoms with Crippen LogP contribution in [0.2, 0.25) is 0 Å². The highest BCUT2D eigenvalue weighted by Gasteiger charge is 2.42. The molecule has 3 heterocycles. The van der Waals surface area contributed by atoms with Crippen LogP contribution in [0.1, 0.15) is 30.4 Å². The highest BCUT2D eigenvalue weighted by Crippen LogP contribution is 2.39. The molecule has 1 unspecified atom stereocenters. The van der Waals surface area contributed by atoms with Crippen molar-refractivity contribution in [3.05, 3.63) is 66.0 Å². The first-order valence-corrected chi connectivity index (χ1v) is 10.4. The number of piperidine rings is 1. The summed E-state index contributed by atoms with van der Waals surface area (Å²) in [6.45, 7) is 4.83. The molecule has 2 aromatic rings. The van der Waals surface area contributed by atoms with E-state index in [4.69, 9.17) is 4.74 Å². The molecule has 0 bridgehead atoms. The standard InChI is InChI=1S/C24H29N3O2/c1-29-22-5-2-4-21(16-22)17-26-14-3-10-24(18-26)11-15-27(19-24)23(28)7-6-20-8-12-25-13-9-20/h2,4-9,12-13,16H,3,10-11,14-15,17-19H2,1H3/b7-6+. The zero-order valence-electron chi connectivity index (χ0n) is 17.1. The zero-order chi connectivity index (χ0) is 20.1. The summed E-state index contributed by atoms with van der Waals surface area (Å²) < 4.78 is 5.36. The Morgan fingerprint density at radius 1 is 1.17 bits per heavy atom. The summed E-state index contributed by atoms with van der Waals surface area (Å²) in [6, 6.07) is 12.1. The average molecular weight is 392 g/mol. The van der Waals surface area contributed by atoms with Crippen LogP contribution in [-0.2, 0) is 11.3 Å². The van der Waals surface area contributed by atoms with Gasteiger partial charge in [-0.3, -0.25) is 14.7 Å². The van der Waals surface area contributed by atoms with Crippen LogP contribution >= 0.6 is 0 Å². The van der Waals surface area contributed by atoms with Crippen molar-refractivity contribution in [1.29, 1.82) is 0 Å². The van der Waals surface area contributed by atoms with Crippen LogP contribution in [0.25, 0.3) is 6.08 Å². The molecule has 1 amide bonds. The molecule has 0 saturated carbocycles. The highest BCUT2D eigenvalue weighted by atomic mass is 16.5. The number of ether oxygens (including phenoxy) is 1. The minimum atomic E-state index is 0.114. The molecular formula is C24H29N3O2. The van der Waals surface area contributed by atoms with Crippen molar-refractivity contribution in [2.75, 3.05) is 33.3 Å². The summed E-state index contributed by atoms with van der Waals surface area (Å²) >= 11 is 0. The van der Waals surface area contributed by atoms with Crippen molar-refractivity contribution in [2.24, 2.45) is 5.41 Å². The fourth-order valence-corrected chi connectivity index (χ4v) is 4.68. The molecule has 2 fully saturated rings. The summed E-state index contributed by atoms with van der Waals surface area (Å²) in [5.41, 5.74) is 2.52. The maximum atomic E-state index is 12.7. The van der Waals surface area contributed by atoms with E-state index in [2.05, 4.69) is 28.1 Å². The molecule has 5 heteroatoms. The quantitative estimate of drug-likeness (QED) is 0.731. The summed E-state index contributed by atoms with van der Waals surface area (Å²) in [5.74, 6) is 1.02. The van der Waals surface area contributed by atoms with Crippen molar-refractivity contribution >= 4 is 12.0 Å². The van der Waals surface area contributed by atoms with Crippen LogP contribution in [0.5, 0.6) is 5.75 Å². The van der Waals surface area contributed by atoms with Crippen molar-refractivity contribution in [2.45, 2.75) is 25.8 Å². The molecule has 2 aliphatic rings. The minimum Gasteiger partial charge on any atom is -0.497 e. The molecule has 0 aliphatic carbocycles. The Balaban J connectivity index is 1.36. The van der Waals surface area contributed by atoms with Crippen LogP contribution in [0.3, 0.4) is 0 Å². The van der Waals surface area contributed by atoms with E-state index in [9.17, 15) is 4.79 Å². The minimum absolute atomic E-state index is 0.114. The summed E-state index contributed by atoms with van der Waals surface area (Å²) in [7, 11) is 1.71. The number of likely N-dealkylation sites (tertiary alicyclic amines) is 2. The van der Waals surface area contributed by atoms with Crippen molar-refractivity contribution in [3.63, 3.8) is 0 Å². The van der Waals surface area contributed by atoms with Crippen LogP contribution in [0.4, 0.5) is 0 Å². The van der Waals surface area contributed by atoms with Crippen molar-refractivity contribution in [1.82, 2.24) is 14.8 Å². The Morgan fingerprint density at radius 2 is 2.03 bits per heavy atom. The van der Waals surface area contributed by atoms with Crippen molar-refractivity contribution < 1.29 is 9.53 Å². The topological polar surface area (TPSA) is 45.7 Å². The number of aromatic nitrogens is 1. The van der Waals surface area contributed by atoms with Gasteiger partial charge in [0.15, 0.2) is 0 Å². The lowest BCUT2D eigenvalue weighted by molar-refractivity contribution is -0.125. The number of hydrogen-bond donors (Lipinski definition) is 0. The number of benzene rings is 1. The molecular weight excluding hydrogens is 362 g/mol. The number of nitrogens with zero attached hydrogens (tertiary/aromatic N) is 3. The number of pyridine rings is 1. The van der Waals surface area contributed by atoms with Gasteiger partial charge < -0.3 is 9.64 Å². The number of carbonyl (C=O) groups excluding carboxylic acids is 1. The normalized spacial score (nSPS) is 22.4. The fraction of sp³-hybridized carbons (Fsp3) is 0.417. The largest absolute Gasteiger partial charge is 0.497 e. The van der Waals surface area contributed by atoms with E-state index >= 15 is 0 Å². The number of hydrogen-bond acceptors (Lipinski definition) is 4. The Morgan fingerprint density at radius 3 is 2.86 bits per heavy atom. The number of amides is 1. The third-order valence-electron chi connectivity index (χ3n) is 6.16. The second-order valence-electron chi connectivity index (χ2n) is 8.29. The van der Waals surface area contributed by atoms with Gasteiger partial charge in [0.25, 0.3) is 0 Å². The molecule has 29 heavy (non-hydrogen) atoms. The van der Waals surface area contributed by atoms with E-state index in [1.54, 1.807) is 25.6 Å². The van der Waals surface area contributed by atoms with Gasteiger partial charge in [0.2, 0.25) is 5.91 Å². The Labute approximate surface area is 173 Å². The van der Waals surface area contributed by atoms with Gasteiger partial charge in [0, 0.05) is 50.1 Å². The molecule has 4 rings (SSSR count). The summed E-state index contributed by atoms with van der Waals surface area (Å²) in [6.07, 6.45) is 10.6. The van der Waals surface area contributed by atoms with Gasteiger partial charge in [-0.2, -0.15) is 0 Å². The lowest BCUT2D eigenvalue weighted by atomic mass is 9.79. The van der Waals surface area contributed by atoms with Gasteiger partial charge in [-0.15, -0.1) is 0 Å². The van der Waals surface area contributed by atoms with E-state index in [0.717, 1.165) is 50.5 Å². The third kappa shape index (κ3) is 4.85. The second-order valence-corrected chi connectivity index (χ2v) is 8.29. The van der Waals surface area contributed by atoms with Crippen LogP contribution < -0.4 is 4.74 Å². The van der Waals surface area contributed by atoms with E-state index < -0.39 is 0 Å². The molecule has 0 N–H and O–H groups in total. The Kier molecular flexibility index (Phi) is 5.95. The van der Waals surface area contributed by atoms with Crippen molar-refractivity contribution in [3.8, 4) is 5.75 Å². The number of carbonyl (C=O) groups is 1. The molecule has 5 nitrogen and oxygen atoms in total. The van der Waals surface area contributed by atoms with Gasteiger partial charge >= 0.3 is 0 Å². The molecule has 2 aliphatic heterocycles. The fourth-order valence-electron chi connectivity index (χ4n) is 4.68. The SMILES string of the molecule is COc1cccc(CN2CCCC3(CCN(C(=O)/C=C/c4ccncc4)C3)C2)c1. The van der Waals surface area contributed by atoms with E-state index in [1.165, 1.54) is 18.4 Å². The first-order valence-electron chi connectivity index (χ1n) is 10.4. The van der Waals surface area contributed by atoms with Crippen LogP contribution in [0, 0.1) is 5.41 Å². The third-order valence-corrected chi connectivity index (χ3v) is 6.16. The molecule has 2 saturated heterocycles. The molecule has 1 spiro atoms. The zero-order valence-corrected chi connectivity index (χ0v) is 17.1. The smallest absolute Gasteiger partial charge is 0.246 e. The van der Waals surface area contributed by atoms with E-state index in [1.807, 2.05) is 29.2 Å². The summed E-state index contributed by atoms with van der Waals surface area (Å²) in [5, 5.41) is 0. The number of rotatable bonds is 5. The molecule has 1 aromatic heterocycles.